The largest absolute Gasteiger partial charge is 0.452 e. The Morgan fingerprint density at radius 1 is 1.07 bits per heavy atom. The van der Waals surface area contributed by atoms with E-state index in [4.69, 9.17) is 4.74 Å². The van der Waals surface area contributed by atoms with Crippen molar-refractivity contribution in [2.24, 2.45) is 0 Å². The normalized spacial score (nSPS) is 10.3. The molecule has 150 valence electrons. The minimum Gasteiger partial charge on any atom is -0.452 e. The van der Waals surface area contributed by atoms with Gasteiger partial charge in [0.1, 0.15) is 5.00 Å². The number of ether oxygens (including phenoxy) is 1. The molecule has 0 saturated carbocycles. The second kappa shape index (κ2) is 10.1. The molecule has 1 aromatic heterocycles. The lowest BCUT2D eigenvalue weighted by Crippen LogP contribution is -2.42. The molecule has 0 spiro atoms. The summed E-state index contributed by atoms with van der Waals surface area (Å²) in [4.78, 5) is 51.7. The van der Waals surface area contributed by atoms with E-state index in [1.807, 2.05) is 20.8 Å². The zero-order valence-corrected chi connectivity index (χ0v) is 17.5. The van der Waals surface area contributed by atoms with Crippen molar-refractivity contribution in [1.29, 1.82) is 0 Å². The predicted octanol–water partition coefficient (Wildman–Crippen LogP) is 1.81. The first-order valence-corrected chi connectivity index (χ1v) is 9.50. The molecule has 27 heavy (non-hydrogen) atoms. The quantitative estimate of drug-likeness (QED) is 0.675. The van der Waals surface area contributed by atoms with Gasteiger partial charge in [0.2, 0.25) is 11.8 Å². The van der Waals surface area contributed by atoms with Crippen molar-refractivity contribution in [1.82, 2.24) is 9.80 Å². The number of thiophene rings is 1. The summed E-state index contributed by atoms with van der Waals surface area (Å²) in [7, 11) is 1.49. The summed E-state index contributed by atoms with van der Waals surface area (Å²) in [5.41, 5.74) is 0.952. The average molecular weight is 397 g/mol. The van der Waals surface area contributed by atoms with Gasteiger partial charge in [0.25, 0.3) is 5.91 Å². The molecule has 3 amide bonds. The Labute approximate surface area is 163 Å². The molecule has 0 unspecified atom stereocenters. The van der Waals surface area contributed by atoms with Crippen molar-refractivity contribution in [3.8, 4) is 0 Å². The molecule has 0 aliphatic heterocycles. The van der Waals surface area contributed by atoms with Crippen LogP contribution in [0.2, 0.25) is 0 Å². The number of anilines is 1. The first-order chi connectivity index (χ1) is 12.6. The van der Waals surface area contributed by atoms with Gasteiger partial charge in [0.15, 0.2) is 6.61 Å². The highest BCUT2D eigenvalue weighted by molar-refractivity contribution is 7.16. The van der Waals surface area contributed by atoms with Gasteiger partial charge in [-0.3, -0.25) is 14.4 Å². The number of amides is 3. The molecule has 0 aliphatic carbocycles. The van der Waals surface area contributed by atoms with Gasteiger partial charge < -0.3 is 19.9 Å². The Bertz CT molecular complexity index is 725. The molecule has 1 rings (SSSR count). The van der Waals surface area contributed by atoms with E-state index >= 15 is 0 Å². The zero-order chi connectivity index (χ0) is 20.7. The van der Waals surface area contributed by atoms with Gasteiger partial charge >= 0.3 is 5.97 Å². The Morgan fingerprint density at radius 3 is 2.19 bits per heavy atom. The van der Waals surface area contributed by atoms with E-state index in [-0.39, 0.29) is 23.9 Å². The van der Waals surface area contributed by atoms with Crippen molar-refractivity contribution in [2.75, 3.05) is 38.6 Å². The van der Waals surface area contributed by atoms with Crippen LogP contribution in [-0.2, 0) is 19.1 Å². The van der Waals surface area contributed by atoms with E-state index in [0.29, 0.717) is 23.7 Å². The molecule has 8 nitrogen and oxygen atoms in total. The molecule has 0 fully saturated rings. The Hall–Kier alpha value is -2.42. The van der Waals surface area contributed by atoms with Gasteiger partial charge in [-0.1, -0.05) is 0 Å². The van der Waals surface area contributed by atoms with Crippen LogP contribution < -0.4 is 5.32 Å². The molecular weight excluding hydrogens is 370 g/mol. The van der Waals surface area contributed by atoms with E-state index in [0.717, 1.165) is 4.88 Å². The summed E-state index contributed by atoms with van der Waals surface area (Å²) in [6.07, 6.45) is 0. The second-order valence-corrected chi connectivity index (χ2v) is 7.29. The number of carbonyl (C=O) groups is 4. The molecule has 1 N–H and O–H groups in total. The van der Waals surface area contributed by atoms with Crippen molar-refractivity contribution in [3.63, 3.8) is 0 Å². The molecule has 1 heterocycles. The molecule has 0 aliphatic rings. The molecule has 0 radical (unpaired) electrons. The Morgan fingerprint density at radius 2 is 1.67 bits per heavy atom. The highest BCUT2D eigenvalue weighted by Gasteiger charge is 2.23. The summed E-state index contributed by atoms with van der Waals surface area (Å²) in [5, 5.41) is 3.01. The molecular formula is C18H27N3O5S. The van der Waals surface area contributed by atoms with Gasteiger partial charge in [-0.25, -0.2) is 4.79 Å². The topological polar surface area (TPSA) is 96.0 Å². The lowest BCUT2D eigenvalue weighted by molar-refractivity contribution is -0.140. The summed E-state index contributed by atoms with van der Waals surface area (Å²) < 4.78 is 5.12. The van der Waals surface area contributed by atoms with Crippen LogP contribution in [0, 0.1) is 13.8 Å². The number of esters is 1. The van der Waals surface area contributed by atoms with Gasteiger partial charge in [-0.05, 0) is 33.3 Å². The Balaban J connectivity index is 2.73. The minimum absolute atomic E-state index is 0.0776. The number of nitrogens with zero attached hydrogens (tertiary/aromatic N) is 2. The molecule has 0 bridgehead atoms. The highest BCUT2D eigenvalue weighted by Crippen LogP contribution is 2.32. The molecule has 0 aromatic carbocycles. The van der Waals surface area contributed by atoms with Crippen molar-refractivity contribution >= 4 is 40.0 Å². The molecule has 9 heteroatoms. The second-order valence-electron chi connectivity index (χ2n) is 6.06. The summed E-state index contributed by atoms with van der Waals surface area (Å²) in [5.74, 6) is -1.62. The lowest BCUT2D eigenvalue weighted by Gasteiger charge is -2.23. The van der Waals surface area contributed by atoms with Crippen LogP contribution in [-0.4, -0.2) is 66.8 Å². The van der Waals surface area contributed by atoms with Crippen molar-refractivity contribution < 1.29 is 23.9 Å². The maximum atomic E-state index is 12.4. The standard InChI is InChI=1S/C18H27N3O5S/c1-7-21(8-2)14(23)9-20(6)15(24)10-26-18(25)16-11(3)12(4)27-17(16)19-13(5)22/h7-10H2,1-6H3,(H,19,22). The van der Waals surface area contributed by atoms with Crippen LogP contribution in [0.5, 0.6) is 0 Å². The van der Waals surface area contributed by atoms with Crippen LogP contribution in [0.3, 0.4) is 0 Å². The molecule has 1 aromatic rings. The van der Waals surface area contributed by atoms with E-state index in [1.165, 1.54) is 30.2 Å². The van der Waals surface area contributed by atoms with E-state index in [2.05, 4.69) is 5.32 Å². The van der Waals surface area contributed by atoms with Gasteiger partial charge in [-0.15, -0.1) is 11.3 Å². The monoisotopic (exact) mass is 397 g/mol. The van der Waals surface area contributed by atoms with Crippen molar-refractivity contribution in [2.45, 2.75) is 34.6 Å². The third-order valence-electron chi connectivity index (χ3n) is 4.12. The van der Waals surface area contributed by atoms with Crippen molar-refractivity contribution in [3.05, 3.63) is 16.0 Å². The van der Waals surface area contributed by atoms with Crippen LogP contribution >= 0.6 is 11.3 Å². The summed E-state index contributed by atoms with van der Waals surface area (Å²) in [6, 6.07) is 0. The van der Waals surface area contributed by atoms with Gasteiger partial charge in [-0.2, -0.15) is 0 Å². The number of rotatable bonds is 8. The SMILES string of the molecule is CCN(CC)C(=O)CN(C)C(=O)COC(=O)c1c(NC(C)=O)sc(C)c1C. The van der Waals surface area contributed by atoms with Crippen LogP contribution in [0.15, 0.2) is 0 Å². The number of carbonyl (C=O) groups excluding carboxylic acids is 4. The number of hydrogen-bond donors (Lipinski definition) is 1. The number of hydrogen-bond acceptors (Lipinski definition) is 6. The van der Waals surface area contributed by atoms with Crippen LogP contribution in [0.25, 0.3) is 0 Å². The maximum Gasteiger partial charge on any atom is 0.341 e. The predicted molar refractivity (Wildman–Crippen MR) is 104 cm³/mol. The Kier molecular flexibility index (Phi) is 8.42. The van der Waals surface area contributed by atoms with E-state index < -0.39 is 18.5 Å². The number of nitrogens with one attached hydrogen (secondary N) is 1. The first kappa shape index (κ1) is 22.6. The number of likely N-dealkylation sites (N-methyl/N-ethyl adjacent to an activating group) is 2. The highest BCUT2D eigenvalue weighted by atomic mass is 32.1. The van der Waals surface area contributed by atoms with Gasteiger partial charge in [0.05, 0.1) is 12.1 Å². The minimum atomic E-state index is -0.683. The molecule has 0 atom stereocenters. The number of aryl methyl sites for hydroxylation is 1. The fraction of sp³-hybridized carbons (Fsp3) is 0.556. The van der Waals surface area contributed by atoms with E-state index in [1.54, 1.807) is 11.8 Å². The van der Waals surface area contributed by atoms with E-state index in [9.17, 15) is 19.2 Å². The van der Waals surface area contributed by atoms with Crippen LogP contribution in [0.4, 0.5) is 5.00 Å². The third-order valence-corrected chi connectivity index (χ3v) is 5.24. The fourth-order valence-electron chi connectivity index (χ4n) is 2.40. The lowest BCUT2D eigenvalue weighted by atomic mass is 10.1. The average Bonchev–Trinajstić information content (AvgIpc) is 2.86. The first-order valence-electron chi connectivity index (χ1n) is 8.68. The fourth-order valence-corrected chi connectivity index (χ4v) is 3.49. The smallest absolute Gasteiger partial charge is 0.341 e. The van der Waals surface area contributed by atoms with Gasteiger partial charge in [0, 0.05) is 31.9 Å². The third kappa shape index (κ3) is 6.06. The molecule has 0 saturated heterocycles. The summed E-state index contributed by atoms with van der Waals surface area (Å²) in [6.45, 7) is 9.24. The summed E-state index contributed by atoms with van der Waals surface area (Å²) >= 11 is 1.28. The zero-order valence-electron chi connectivity index (χ0n) is 16.7. The van der Waals surface area contributed by atoms with Crippen LogP contribution in [0.1, 0.15) is 41.6 Å². The maximum absolute atomic E-state index is 12.4.